The Kier molecular flexibility index (Phi) is 4.81. The fraction of sp³-hybridized carbons (Fsp3) is 0.333. The van der Waals surface area contributed by atoms with E-state index in [9.17, 15) is 19.8 Å². The zero-order chi connectivity index (χ0) is 16.3. The van der Waals surface area contributed by atoms with Crippen LogP contribution < -0.4 is 0 Å². The molecule has 0 atom stereocenters. The Bertz CT molecular complexity index is 731. The second-order valence-electron chi connectivity index (χ2n) is 5.40. The van der Waals surface area contributed by atoms with Crippen LogP contribution in [0.2, 0.25) is 0 Å². The summed E-state index contributed by atoms with van der Waals surface area (Å²) in [5, 5.41) is 20.4. The molecule has 4 nitrogen and oxygen atoms in total. The van der Waals surface area contributed by atoms with Crippen LogP contribution in [0.15, 0.2) is 24.3 Å². The molecule has 2 aromatic rings. The van der Waals surface area contributed by atoms with Crippen molar-refractivity contribution in [1.82, 2.24) is 0 Å². The van der Waals surface area contributed by atoms with Crippen LogP contribution in [0.4, 0.5) is 0 Å². The number of carboxylic acids is 2. The predicted molar refractivity (Wildman–Crippen MR) is 85.9 cm³/mol. The summed E-state index contributed by atoms with van der Waals surface area (Å²) < 4.78 is 0. The summed E-state index contributed by atoms with van der Waals surface area (Å²) in [5.74, 6) is -1.92. The van der Waals surface area contributed by atoms with Crippen molar-refractivity contribution >= 4 is 22.7 Å². The van der Waals surface area contributed by atoms with Crippen molar-refractivity contribution in [3.05, 3.63) is 46.5 Å². The first kappa shape index (κ1) is 16.0. The van der Waals surface area contributed by atoms with E-state index in [0.717, 1.165) is 29.4 Å². The van der Waals surface area contributed by atoms with Crippen LogP contribution in [0.5, 0.6) is 0 Å². The lowest BCUT2D eigenvalue weighted by Crippen LogP contribution is -2.10. The van der Waals surface area contributed by atoms with Crippen LogP contribution in [0.3, 0.4) is 0 Å². The minimum Gasteiger partial charge on any atom is -0.478 e. The monoisotopic (exact) mass is 300 g/mol. The molecule has 22 heavy (non-hydrogen) atoms. The molecule has 0 spiro atoms. The quantitative estimate of drug-likeness (QED) is 0.840. The first-order chi connectivity index (χ1) is 10.5. The average Bonchev–Trinajstić information content (AvgIpc) is 2.46. The molecule has 0 heterocycles. The third-order valence-corrected chi connectivity index (χ3v) is 3.84. The Balaban J connectivity index is 2.92. The number of rotatable bonds is 6. The zero-order valence-electron chi connectivity index (χ0n) is 12.8. The van der Waals surface area contributed by atoms with Gasteiger partial charge in [-0.25, -0.2) is 9.59 Å². The van der Waals surface area contributed by atoms with E-state index in [2.05, 4.69) is 0 Å². The van der Waals surface area contributed by atoms with Crippen molar-refractivity contribution in [3.8, 4) is 0 Å². The summed E-state index contributed by atoms with van der Waals surface area (Å²) in [6.07, 6.45) is 2.87. The average molecular weight is 300 g/mol. The summed E-state index contributed by atoms with van der Waals surface area (Å²) in [4.78, 5) is 23.2. The highest BCUT2D eigenvalue weighted by Crippen LogP contribution is 2.30. The maximum Gasteiger partial charge on any atom is 0.336 e. The minimum atomic E-state index is -0.987. The van der Waals surface area contributed by atoms with Gasteiger partial charge in [0.1, 0.15) is 0 Å². The van der Waals surface area contributed by atoms with E-state index in [1.165, 1.54) is 0 Å². The van der Waals surface area contributed by atoms with E-state index in [0.29, 0.717) is 23.8 Å². The first-order valence-corrected chi connectivity index (χ1v) is 7.55. The van der Waals surface area contributed by atoms with Gasteiger partial charge in [0.05, 0.1) is 11.1 Å². The molecular weight excluding hydrogens is 280 g/mol. The van der Waals surface area contributed by atoms with Crippen LogP contribution in [-0.4, -0.2) is 22.2 Å². The number of aromatic carboxylic acids is 2. The molecule has 0 saturated heterocycles. The molecule has 0 aliphatic heterocycles. The molecule has 0 aromatic heterocycles. The molecule has 2 aromatic carbocycles. The van der Waals surface area contributed by atoms with Crippen LogP contribution >= 0.6 is 0 Å². The number of hydrogen-bond acceptors (Lipinski definition) is 2. The van der Waals surface area contributed by atoms with Gasteiger partial charge >= 0.3 is 11.9 Å². The van der Waals surface area contributed by atoms with Crippen molar-refractivity contribution < 1.29 is 19.8 Å². The molecule has 0 aliphatic rings. The Morgan fingerprint density at radius 2 is 1.64 bits per heavy atom. The normalized spacial score (nSPS) is 10.8. The lowest BCUT2D eigenvalue weighted by molar-refractivity contribution is 0.0686. The Labute approximate surface area is 129 Å². The van der Waals surface area contributed by atoms with Crippen LogP contribution in [0.1, 0.15) is 58.5 Å². The number of benzene rings is 2. The fourth-order valence-electron chi connectivity index (χ4n) is 2.99. The SMILES string of the molecule is CCCc1cc2c(C(=O)O)cccc2c(CCC)c1C(=O)O. The minimum absolute atomic E-state index is 0.226. The van der Waals surface area contributed by atoms with E-state index in [1.54, 1.807) is 18.2 Å². The second kappa shape index (κ2) is 6.60. The molecule has 0 unspecified atom stereocenters. The summed E-state index contributed by atoms with van der Waals surface area (Å²) in [6.45, 7) is 3.98. The van der Waals surface area contributed by atoms with Gasteiger partial charge in [-0.05, 0) is 46.9 Å². The zero-order valence-corrected chi connectivity index (χ0v) is 12.8. The number of aryl methyl sites for hydroxylation is 2. The van der Waals surface area contributed by atoms with Crippen molar-refractivity contribution in [2.75, 3.05) is 0 Å². The molecule has 2 rings (SSSR count). The smallest absolute Gasteiger partial charge is 0.336 e. The molecule has 2 N–H and O–H groups in total. The van der Waals surface area contributed by atoms with Gasteiger partial charge in [0.25, 0.3) is 0 Å². The molecule has 0 radical (unpaired) electrons. The molecule has 0 fully saturated rings. The predicted octanol–water partition coefficient (Wildman–Crippen LogP) is 4.14. The number of carboxylic acid groups (broad SMARTS) is 2. The first-order valence-electron chi connectivity index (χ1n) is 7.55. The molecule has 0 saturated carbocycles. The third kappa shape index (κ3) is 2.82. The standard InChI is InChI=1S/C18H20O4/c1-3-6-11-10-15-12(8-5-9-14(15)17(19)20)13(7-4-2)16(11)18(21)22/h5,8-10H,3-4,6-7H2,1-2H3,(H,19,20)(H,21,22). The summed E-state index contributed by atoms with van der Waals surface area (Å²) in [5.41, 5.74) is 2.04. The van der Waals surface area contributed by atoms with Gasteiger partial charge in [0, 0.05) is 0 Å². The topological polar surface area (TPSA) is 74.6 Å². The van der Waals surface area contributed by atoms with E-state index in [1.807, 2.05) is 19.9 Å². The largest absolute Gasteiger partial charge is 0.478 e. The highest BCUT2D eigenvalue weighted by Gasteiger charge is 2.20. The summed E-state index contributed by atoms with van der Waals surface area (Å²) in [6, 6.07) is 6.80. The van der Waals surface area contributed by atoms with Crippen molar-refractivity contribution in [2.24, 2.45) is 0 Å². The van der Waals surface area contributed by atoms with Gasteiger partial charge < -0.3 is 10.2 Å². The molecule has 4 heteroatoms. The number of carbonyl (C=O) groups is 2. The fourth-order valence-corrected chi connectivity index (χ4v) is 2.99. The second-order valence-corrected chi connectivity index (χ2v) is 5.40. The summed E-state index contributed by atoms with van der Waals surface area (Å²) in [7, 11) is 0. The van der Waals surface area contributed by atoms with E-state index < -0.39 is 11.9 Å². The van der Waals surface area contributed by atoms with E-state index in [-0.39, 0.29) is 5.56 Å². The Hall–Kier alpha value is -2.36. The molecule has 0 bridgehead atoms. The van der Waals surface area contributed by atoms with Gasteiger partial charge in [-0.15, -0.1) is 0 Å². The van der Waals surface area contributed by atoms with Crippen LogP contribution in [0.25, 0.3) is 10.8 Å². The Morgan fingerprint density at radius 3 is 2.18 bits per heavy atom. The van der Waals surface area contributed by atoms with Crippen molar-refractivity contribution in [1.29, 1.82) is 0 Å². The van der Waals surface area contributed by atoms with E-state index >= 15 is 0 Å². The van der Waals surface area contributed by atoms with Gasteiger partial charge in [-0.3, -0.25) is 0 Å². The number of fused-ring (bicyclic) bond motifs is 1. The molecule has 0 aliphatic carbocycles. The van der Waals surface area contributed by atoms with E-state index in [4.69, 9.17) is 0 Å². The van der Waals surface area contributed by atoms with Crippen LogP contribution in [0, 0.1) is 0 Å². The maximum atomic E-state index is 11.7. The van der Waals surface area contributed by atoms with Crippen molar-refractivity contribution in [2.45, 2.75) is 39.5 Å². The van der Waals surface area contributed by atoms with Gasteiger partial charge in [0.15, 0.2) is 0 Å². The van der Waals surface area contributed by atoms with Crippen molar-refractivity contribution in [3.63, 3.8) is 0 Å². The lowest BCUT2D eigenvalue weighted by atomic mass is 9.88. The number of hydrogen-bond donors (Lipinski definition) is 2. The molecule has 0 amide bonds. The highest BCUT2D eigenvalue weighted by molar-refractivity contribution is 6.08. The third-order valence-electron chi connectivity index (χ3n) is 3.84. The highest BCUT2D eigenvalue weighted by atomic mass is 16.4. The van der Waals surface area contributed by atoms with Gasteiger partial charge in [-0.2, -0.15) is 0 Å². The van der Waals surface area contributed by atoms with Gasteiger partial charge in [-0.1, -0.05) is 38.8 Å². The van der Waals surface area contributed by atoms with Gasteiger partial charge in [0.2, 0.25) is 0 Å². The lowest BCUT2D eigenvalue weighted by Gasteiger charge is -2.16. The molecular formula is C18H20O4. The maximum absolute atomic E-state index is 11.7. The molecule has 116 valence electrons. The van der Waals surface area contributed by atoms with Crippen LogP contribution in [-0.2, 0) is 12.8 Å². The summed E-state index contributed by atoms with van der Waals surface area (Å²) >= 11 is 0. The Morgan fingerprint density at radius 1 is 0.955 bits per heavy atom.